The summed E-state index contributed by atoms with van der Waals surface area (Å²) in [6.45, 7) is -0.769. The highest BCUT2D eigenvalue weighted by Crippen LogP contribution is 2.03. The molecule has 0 aromatic carbocycles. The van der Waals surface area contributed by atoms with Crippen LogP contribution >= 0.6 is 0 Å². The first-order valence-electron chi connectivity index (χ1n) is 3.81. The van der Waals surface area contributed by atoms with E-state index >= 15 is 0 Å². The van der Waals surface area contributed by atoms with E-state index in [1.165, 1.54) is 0 Å². The summed E-state index contributed by atoms with van der Waals surface area (Å²) in [5.41, 5.74) is 0. The highest BCUT2D eigenvalue weighted by Gasteiger charge is 2.30. The predicted molar refractivity (Wildman–Crippen MR) is 43.8 cm³/mol. The SMILES string of the molecule is O=[C]N[C@@H](C=O)[C@@H](O)[C@H](O)[C@H](O)CO. The monoisotopic (exact) mass is 206 g/mol. The predicted octanol–water partition coefficient (Wildman–Crippen LogP) is -3.71. The molecule has 0 unspecified atom stereocenters. The van der Waals surface area contributed by atoms with Gasteiger partial charge in [0.2, 0.25) is 0 Å². The molecule has 0 bridgehead atoms. The summed E-state index contributed by atoms with van der Waals surface area (Å²) in [5, 5.41) is 37.5. The van der Waals surface area contributed by atoms with Crippen LogP contribution in [0.2, 0.25) is 0 Å². The van der Waals surface area contributed by atoms with E-state index in [1.807, 2.05) is 5.32 Å². The van der Waals surface area contributed by atoms with Gasteiger partial charge in [0.05, 0.1) is 6.61 Å². The minimum Gasteiger partial charge on any atom is -0.394 e. The topological polar surface area (TPSA) is 127 Å². The van der Waals surface area contributed by atoms with Gasteiger partial charge in [-0.15, -0.1) is 0 Å². The lowest BCUT2D eigenvalue weighted by molar-refractivity contribution is -0.119. The second-order valence-corrected chi connectivity index (χ2v) is 2.64. The van der Waals surface area contributed by atoms with Crippen molar-refractivity contribution in [2.45, 2.75) is 24.4 Å². The van der Waals surface area contributed by atoms with E-state index in [0.29, 0.717) is 0 Å². The Morgan fingerprint density at radius 2 is 1.86 bits per heavy atom. The van der Waals surface area contributed by atoms with Crippen LogP contribution in [0.4, 0.5) is 0 Å². The van der Waals surface area contributed by atoms with Crippen LogP contribution in [0.1, 0.15) is 0 Å². The van der Waals surface area contributed by atoms with Gasteiger partial charge >= 0.3 is 6.41 Å². The first kappa shape index (κ1) is 13.0. The molecule has 81 valence electrons. The van der Waals surface area contributed by atoms with Crippen LogP contribution in [0.3, 0.4) is 0 Å². The van der Waals surface area contributed by atoms with E-state index < -0.39 is 31.0 Å². The van der Waals surface area contributed by atoms with Gasteiger partial charge in [0.1, 0.15) is 30.6 Å². The van der Waals surface area contributed by atoms with Crippen molar-refractivity contribution >= 4 is 12.7 Å². The Morgan fingerprint density at radius 1 is 1.29 bits per heavy atom. The third-order valence-corrected chi connectivity index (χ3v) is 1.67. The van der Waals surface area contributed by atoms with E-state index in [1.54, 1.807) is 0 Å². The average molecular weight is 206 g/mol. The van der Waals surface area contributed by atoms with Crippen LogP contribution in [-0.2, 0) is 9.59 Å². The van der Waals surface area contributed by atoms with E-state index in [-0.39, 0.29) is 6.29 Å². The maximum absolute atomic E-state index is 10.3. The fraction of sp³-hybridized carbons (Fsp3) is 0.714. The Balaban J connectivity index is 4.31. The number of hydrogen-bond donors (Lipinski definition) is 5. The summed E-state index contributed by atoms with van der Waals surface area (Å²) < 4.78 is 0. The number of rotatable bonds is 7. The molecule has 14 heavy (non-hydrogen) atoms. The fourth-order valence-corrected chi connectivity index (χ4v) is 0.816. The van der Waals surface area contributed by atoms with Crippen molar-refractivity contribution in [2.24, 2.45) is 0 Å². The number of aliphatic hydroxyl groups excluding tert-OH is 4. The number of aliphatic hydroxyl groups is 4. The summed E-state index contributed by atoms with van der Waals surface area (Å²) in [6, 6.07) is -1.37. The molecule has 0 spiro atoms. The molecule has 1 radical (unpaired) electrons. The largest absolute Gasteiger partial charge is 0.394 e. The van der Waals surface area contributed by atoms with Gasteiger partial charge in [0.15, 0.2) is 0 Å². The van der Waals surface area contributed by atoms with Gasteiger partial charge in [0.25, 0.3) is 0 Å². The Bertz CT molecular complexity index is 187. The molecule has 0 heterocycles. The second-order valence-electron chi connectivity index (χ2n) is 2.64. The number of nitrogens with one attached hydrogen (secondary N) is 1. The maximum Gasteiger partial charge on any atom is 0.309 e. The van der Waals surface area contributed by atoms with Crippen molar-refractivity contribution in [3.63, 3.8) is 0 Å². The Morgan fingerprint density at radius 3 is 2.21 bits per heavy atom. The molecule has 7 nitrogen and oxygen atoms in total. The number of carbonyl (C=O) groups excluding carboxylic acids is 2. The zero-order valence-corrected chi connectivity index (χ0v) is 7.20. The van der Waals surface area contributed by atoms with Crippen LogP contribution in [-0.4, -0.2) is 64.1 Å². The van der Waals surface area contributed by atoms with E-state index in [9.17, 15) is 14.7 Å². The maximum atomic E-state index is 10.3. The van der Waals surface area contributed by atoms with Gasteiger partial charge in [0, 0.05) is 0 Å². The number of carbonyl (C=O) groups is 1. The highest BCUT2D eigenvalue weighted by atomic mass is 16.4. The third-order valence-electron chi connectivity index (χ3n) is 1.67. The zero-order valence-electron chi connectivity index (χ0n) is 7.20. The molecule has 0 aliphatic carbocycles. The van der Waals surface area contributed by atoms with Crippen LogP contribution in [0.5, 0.6) is 0 Å². The first-order chi connectivity index (χ1) is 6.58. The van der Waals surface area contributed by atoms with E-state index in [0.717, 1.165) is 6.41 Å². The molecule has 0 aliphatic heterocycles. The minimum absolute atomic E-state index is 0.183. The minimum atomic E-state index is -1.73. The molecule has 0 rings (SSSR count). The first-order valence-corrected chi connectivity index (χ1v) is 3.81. The number of amides is 1. The number of hydrogen-bond acceptors (Lipinski definition) is 6. The van der Waals surface area contributed by atoms with Crippen LogP contribution < -0.4 is 5.32 Å². The van der Waals surface area contributed by atoms with E-state index in [2.05, 4.69) is 0 Å². The second kappa shape index (κ2) is 6.44. The van der Waals surface area contributed by atoms with E-state index in [4.69, 9.17) is 15.3 Å². The van der Waals surface area contributed by atoms with Gasteiger partial charge in [-0.3, -0.25) is 4.79 Å². The van der Waals surface area contributed by atoms with Crippen LogP contribution in [0.15, 0.2) is 0 Å². The van der Waals surface area contributed by atoms with Crippen molar-refractivity contribution < 1.29 is 30.0 Å². The molecular formula is C7H12NO6. The fourth-order valence-electron chi connectivity index (χ4n) is 0.816. The molecule has 0 aliphatic rings. The summed E-state index contributed by atoms with van der Waals surface area (Å²) in [4.78, 5) is 20.1. The van der Waals surface area contributed by atoms with Crippen molar-refractivity contribution in [3.05, 3.63) is 0 Å². The molecule has 0 saturated carbocycles. The molecule has 1 amide bonds. The third kappa shape index (κ3) is 3.38. The lowest BCUT2D eigenvalue weighted by Gasteiger charge is -2.24. The Kier molecular flexibility index (Phi) is 5.97. The van der Waals surface area contributed by atoms with Gasteiger partial charge in [-0.1, -0.05) is 0 Å². The molecule has 0 fully saturated rings. The van der Waals surface area contributed by atoms with Crippen LogP contribution in [0, 0.1) is 0 Å². The highest BCUT2D eigenvalue weighted by molar-refractivity contribution is 5.64. The molecule has 0 aromatic rings. The van der Waals surface area contributed by atoms with Gasteiger partial charge in [-0.2, -0.15) is 0 Å². The summed E-state index contributed by atoms with van der Waals surface area (Å²) in [6.07, 6.45) is -3.66. The zero-order chi connectivity index (χ0) is 11.1. The van der Waals surface area contributed by atoms with Crippen LogP contribution in [0.25, 0.3) is 0 Å². The lowest BCUT2D eigenvalue weighted by Crippen LogP contribution is -2.51. The molecule has 0 saturated heterocycles. The average Bonchev–Trinajstić information content (AvgIpc) is 2.22. The smallest absolute Gasteiger partial charge is 0.309 e. The standard InChI is InChI=1S/C7H12NO6/c9-1-4(8-3-11)6(13)7(14)5(12)2-10/h1,4-7,10,12-14H,2H2,(H,8,11)/t4-,5+,6+,7+/m0/s1. The Labute approximate surface area is 80.0 Å². The molecule has 7 heteroatoms. The van der Waals surface area contributed by atoms with Crippen molar-refractivity contribution in [1.82, 2.24) is 5.32 Å². The van der Waals surface area contributed by atoms with Gasteiger partial charge in [-0.25, -0.2) is 0 Å². The summed E-state index contributed by atoms with van der Waals surface area (Å²) >= 11 is 0. The van der Waals surface area contributed by atoms with Gasteiger partial charge < -0.3 is 30.5 Å². The molecule has 5 N–H and O–H groups in total. The molecular weight excluding hydrogens is 194 g/mol. The number of aldehydes is 1. The normalized spacial score (nSPS) is 19.1. The van der Waals surface area contributed by atoms with Gasteiger partial charge in [-0.05, 0) is 0 Å². The van der Waals surface area contributed by atoms with Crippen molar-refractivity contribution in [1.29, 1.82) is 0 Å². The summed E-state index contributed by atoms with van der Waals surface area (Å²) in [5.74, 6) is 0. The van der Waals surface area contributed by atoms with Crippen molar-refractivity contribution in [3.8, 4) is 0 Å². The quantitative estimate of drug-likeness (QED) is 0.215. The Hall–Kier alpha value is -1.02. The lowest BCUT2D eigenvalue weighted by atomic mass is 10.0. The molecule has 0 aromatic heterocycles. The van der Waals surface area contributed by atoms with Crippen molar-refractivity contribution in [2.75, 3.05) is 6.61 Å². The summed E-state index contributed by atoms with van der Waals surface area (Å²) in [7, 11) is 0. The molecule has 4 atom stereocenters.